The Hall–Kier alpha value is -1.59. The number of allylic oxidation sites excluding steroid dienone is 2. The van der Waals surface area contributed by atoms with Gasteiger partial charge in [0.1, 0.15) is 0 Å². The molecule has 0 N–H and O–H groups in total. The number of fused-ring (bicyclic) bond motifs is 3. The Balaban J connectivity index is 1.42. The standard InChI is InChI=1S/C25H31F5O/c1-2-3-4-15-5-9-20-17(11-15)6-7-18-12-16(8-10-21(18)20)19-13-22(26)24(23(27)14-19)31-25(28,29)30/h3-4,13-18,20-21H,2,5-12H2,1H3. The number of alkyl halides is 3. The van der Waals surface area contributed by atoms with Gasteiger partial charge >= 0.3 is 6.36 Å². The van der Waals surface area contributed by atoms with E-state index in [9.17, 15) is 22.0 Å². The van der Waals surface area contributed by atoms with Crippen molar-refractivity contribution >= 4 is 0 Å². The van der Waals surface area contributed by atoms with E-state index in [1.165, 1.54) is 25.7 Å². The van der Waals surface area contributed by atoms with Gasteiger partial charge in [0.15, 0.2) is 11.6 Å². The molecule has 0 bridgehead atoms. The van der Waals surface area contributed by atoms with Gasteiger partial charge in [-0.25, -0.2) is 8.78 Å². The Labute approximate surface area is 181 Å². The van der Waals surface area contributed by atoms with Crippen molar-refractivity contribution in [1.29, 1.82) is 0 Å². The topological polar surface area (TPSA) is 9.23 Å². The van der Waals surface area contributed by atoms with E-state index in [0.717, 1.165) is 56.1 Å². The molecule has 172 valence electrons. The highest BCUT2D eigenvalue weighted by molar-refractivity contribution is 5.33. The molecule has 0 spiro atoms. The zero-order valence-corrected chi connectivity index (χ0v) is 17.9. The molecule has 0 saturated heterocycles. The van der Waals surface area contributed by atoms with Gasteiger partial charge in [0.25, 0.3) is 0 Å². The molecule has 1 aromatic carbocycles. The van der Waals surface area contributed by atoms with Crippen molar-refractivity contribution in [2.24, 2.45) is 29.6 Å². The fraction of sp³-hybridized carbons (Fsp3) is 0.680. The number of halogens is 5. The zero-order chi connectivity index (χ0) is 22.2. The van der Waals surface area contributed by atoms with Gasteiger partial charge in [-0.1, -0.05) is 19.1 Å². The molecule has 6 unspecified atom stereocenters. The summed E-state index contributed by atoms with van der Waals surface area (Å²) in [6, 6.07) is 2.07. The second kappa shape index (κ2) is 9.11. The maximum absolute atomic E-state index is 14.2. The van der Waals surface area contributed by atoms with E-state index < -0.39 is 23.7 Å². The summed E-state index contributed by atoms with van der Waals surface area (Å²) in [6.07, 6.45) is 9.55. The number of rotatable bonds is 4. The maximum atomic E-state index is 14.2. The van der Waals surface area contributed by atoms with Crippen LogP contribution in [0.25, 0.3) is 0 Å². The quantitative estimate of drug-likeness (QED) is 0.338. The van der Waals surface area contributed by atoms with E-state index in [4.69, 9.17) is 0 Å². The first-order valence-corrected chi connectivity index (χ1v) is 11.7. The lowest BCUT2D eigenvalue weighted by Crippen LogP contribution is -2.41. The molecule has 0 radical (unpaired) electrons. The van der Waals surface area contributed by atoms with Crippen LogP contribution in [0.4, 0.5) is 22.0 Å². The average molecular weight is 443 g/mol. The van der Waals surface area contributed by atoms with Gasteiger partial charge < -0.3 is 4.74 Å². The molecule has 0 aliphatic heterocycles. The molecule has 3 aliphatic rings. The van der Waals surface area contributed by atoms with Crippen LogP contribution in [0.3, 0.4) is 0 Å². The minimum Gasteiger partial charge on any atom is -0.399 e. The van der Waals surface area contributed by atoms with Crippen molar-refractivity contribution in [2.45, 2.75) is 77.0 Å². The smallest absolute Gasteiger partial charge is 0.399 e. The lowest BCUT2D eigenvalue weighted by molar-refractivity contribution is -0.276. The summed E-state index contributed by atoms with van der Waals surface area (Å²) in [5.41, 5.74) is 0.457. The summed E-state index contributed by atoms with van der Waals surface area (Å²) < 4.78 is 69.2. The van der Waals surface area contributed by atoms with Gasteiger partial charge in [0, 0.05) is 0 Å². The average Bonchev–Trinajstić information content (AvgIpc) is 2.73. The first kappa shape index (κ1) is 22.6. The predicted octanol–water partition coefficient (Wildman–Crippen LogP) is 8.16. The molecule has 0 heterocycles. The molecule has 1 aromatic rings. The zero-order valence-electron chi connectivity index (χ0n) is 17.9. The number of hydrogen-bond acceptors (Lipinski definition) is 1. The van der Waals surface area contributed by atoms with Crippen LogP contribution in [-0.2, 0) is 0 Å². The van der Waals surface area contributed by atoms with Crippen molar-refractivity contribution in [3.8, 4) is 5.75 Å². The van der Waals surface area contributed by atoms with E-state index in [1.807, 2.05) is 0 Å². The molecule has 6 heteroatoms. The molecule has 3 aliphatic carbocycles. The van der Waals surface area contributed by atoms with Crippen molar-refractivity contribution < 1.29 is 26.7 Å². The summed E-state index contributed by atoms with van der Waals surface area (Å²) in [4.78, 5) is 0. The highest BCUT2D eigenvalue weighted by atomic mass is 19.4. The second-order valence-corrected chi connectivity index (χ2v) is 9.71. The third-order valence-electron chi connectivity index (χ3n) is 7.93. The van der Waals surface area contributed by atoms with Crippen LogP contribution in [0, 0.1) is 41.2 Å². The molecule has 0 aromatic heterocycles. The van der Waals surface area contributed by atoms with E-state index >= 15 is 0 Å². The Kier molecular flexibility index (Phi) is 6.64. The summed E-state index contributed by atoms with van der Waals surface area (Å²) in [5, 5.41) is 0. The molecule has 3 fully saturated rings. The molecular weight excluding hydrogens is 411 g/mol. The van der Waals surface area contributed by atoms with E-state index in [0.29, 0.717) is 23.3 Å². The van der Waals surface area contributed by atoms with Crippen LogP contribution < -0.4 is 4.74 Å². The largest absolute Gasteiger partial charge is 0.573 e. The lowest BCUT2D eigenvalue weighted by atomic mass is 9.55. The first-order chi connectivity index (χ1) is 14.7. The van der Waals surface area contributed by atoms with Crippen LogP contribution in [0.5, 0.6) is 5.75 Å². The SMILES string of the molecule is CCC=CC1CCC2C(CCC3CC(c4cc(F)c(OC(F)(F)F)c(F)c4)CCC32)C1. The molecule has 6 atom stereocenters. The summed E-state index contributed by atoms with van der Waals surface area (Å²) in [5.74, 6) is -0.474. The number of hydrogen-bond donors (Lipinski definition) is 0. The van der Waals surface area contributed by atoms with Gasteiger partial charge in [-0.2, -0.15) is 0 Å². The summed E-state index contributed by atoms with van der Waals surface area (Å²) in [7, 11) is 0. The predicted molar refractivity (Wildman–Crippen MR) is 110 cm³/mol. The van der Waals surface area contributed by atoms with Crippen molar-refractivity contribution in [1.82, 2.24) is 0 Å². The van der Waals surface area contributed by atoms with Gasteiger partial charge in [0.05, 0.1) is 0 Å². The normalized spacial score (nSPS) is 33.7. The van der Waals surface area contributed by atoms with Crippen LogP contribution >= 0.6 is 0 Å². The molecule has 1 nitrogen and oxygen atoms in total. The number of benzene rings is 1. The van der Waals surface area contributed by atoms with Gasteiger partial charge in [0.2, 0.25) is 5.75 Å². The summed E-state index contributed by atoms with van der Waals surface area (Å²) in [6.45, 7) is 2.17. The third-order valence-corrected chi connectivity index (χ3v) is 7.93. The monoisotopic (exact) mass is 442 g/mol. The summed E-state index contributed by atoms with van der Waals surface area (Å²) >= 11 is 0. The van der Waals surface area contributed by atoms with E-state index in [1.54, 1.807) is 0 Å². The Morgan fingerprint density at radius 2 is 1.52 bits per heavy atom. The third kappa shape index (κ3) is 5.09. The number of ether oxygens (including phenoxy) is 1. The molecule has 4 rings (SSSR count). The highest BCUT2D eigenvalue weighted by Gasteiger charge is 2.44. The van der Waals surface area contributed by atoms with Crippen LogP contribution in [0.15, 0.2) is 24.3 Å². The van der Waals surface area contributed by atoms with Crippen LogP contribution in [0.2, 0.25) is 0 Å². The molecule has 31 heavy (non-hydrogen) atoms. The second-order valence-electron chi connectivity index (χ2n) is 9.71. The maximum Gasteiger partial charge on any atom is 0.573 e. The van der Waals surface area contributed by atoms with Gasteiger partial charge in [-0.3, -0.25) is 0 Å². The fourth-order valence-electron chi connectivity index (χ4n) is 6.67. The minimum atomic E-state index is -5.12. The molecular formula is C25H31F5O. The Morgan fingerprint density at radius 3 is 2.13 bits per heavy atom. The van der Waals surface area contributed by atoms with E-state index in [2.05, 4.69) is 23.8 Å². The van der Waals surface area contributed by atoms with E-state index in [-0.39, 0.29) is 5.92 Å². The van der Waals surface area contributed by atoms with Crippen molar-refractivity contribution in [2.75, 3.05) is 0 Å². The fourth-order valence-corrected chi connectivity index (χ4v) is 6.67. The molecule has 3 saturated carbocycles. The van der Waals surface area contributed by atoms with Crippen molar-refractivity contribution in [3.05, 3.63) is 41.5 Å². The lowest BCUT2D eigenvalue weighted by Gasteiger charge is -2.50. The molecule has 0 amide bonds. The Morgan fingerprint density at radius 1 is 0.903 bits per heavy atom. The van der Waals surface area contributed by atoms with Gasteiger partial charge in [-0.15, -0.1) is 13.2 Å². The first-order valence-electron chi connectivity index (χ1n) is 11.7. The van der Waals surface area contributed by atoms with Crippen LogP contribution in [0.1, 0.15) is 76.2 Å². The van der Waals surface area contributed by atoms with Crippen molar-refractivity contribution in [3.63, 3.8) is 0 Å². The Bertz CT molecular complexity index is 779. The van der Waals surface area contributed by atoms with Crippen LogP contribution in [-0.4, -0.2) is 6.36 Å². The van der Waals surface area contributed by atoms with Gasteiger partial charge in [-0.05, 0) is 111 Å². The minimum absolute atomic E-state index is 0.00874. The highest BCUT2D eigenvalue weighted by Crippen LogP contribution is 2.55.